The zero-order valence-corrected chi connectivity index (χ0v) is 17.4. The summed E-state index contributed by atoms with van der Waals surface area (Å²) in [6.07, 6.45) is 2.82. The monoisotopic (exact) mass is 406 g/mol. The van der Waals surface area contributed by atoms with E-state index >= 15 is 0 Å². The molecule has 27 heavy (non-hydrogen) atoms. The van der Waals surface area contributed by atoms with Crippen LogP contribution in [-0.4, -0.2) is 31.2 Å². The molecule has 7 heteroatoms. The second kappa shape index (κ2) is 8.54. The van der Waals surface area contributed by atoms with Gasteiger partial charge in [0.1, 0.15) is 4.21 Å². The third kappa shape index (κ3) is 5.18. The maximum absolute atomic E-state index is 13.4. The molecule has 5 nitrogen and oxygen atoms in total. The fraction of sp³-hybridized carbons (Fsp3) is 0.450. The first-order valence-corrected chi connectivity index (χ1v) is 11.5. The van der Waals surface area contributed by atoms with Gasteiger partial charge < -0.3 is 5.32 Å². The predicted molar refractivity (Wildman–Crippen MR) is 108 cm³/mol. The summed E-state index contributed by atoms with van der Waals surface area (Å²) in [5.41, 5.74) is 0.996. The van der Waals surface area contributed by atoms with E-state index in [0.717, 1.165) is 23.3 Å². The number of rotatable bonds is 9. The molecule has 1 fully saturated rings. The summed E-state index contributed by atoms with van der Waals surface area (Å²) in [5, 5.41) is 2.75. The Morgan fingerprint density at radius 1 is 1.22 bits per heavy atom. The van der Waals surface area contributed by atoms with Crippen LogP contribution in [0.5, 0.6) is 0 Å². The van der Waals surface area contributed by atoms with Gasteiger partial charge in [-0.3, -0.25) is 4.79 Å². The standard InChI is InChI=1S/C20H26N2O3S2/c1-15(18-8-9-18)22(14-17-6-4-3-5-7-17)27(24,25)20-11-10-19(26-20)12-13-21-16(2)23/h3-7,10-11,15,18H,8-9,12-14H2,1-2H3,(H,21,23). The van der Waals surface area contributed by atoms with Crippen LogP contribution in [-0.2, 0) is 27.8 Å². The summed E-state index contributed by atoms with van der Waals surface area (Å²) >= 11 is 1.30. The van der Waals surface area contributed by atoms with E-state index in [4.69, 9.17) is 0 Å². The van der Waals surface area contributed by atoms with Gasteiger partial charge in [-0.05, 0) is 49.8 Å². The highest BCUT2D eigenvalue weighted by Crippen LogP contribution is 2.38. The molecule has 1 unspecified atom stereocenters. The lowest BCUT2D eigenvalue weighted by molar-refractivity contribution is -0.118. The largest absolute Gasteiger partial charge is 0.356 e. The van der Waals surface area contributed by atoms with E-state index in [2.05, 4.69) is 5.32 Å². The number of hydrogen-bond donors (Lipinski definition) is 1. The van der Waals surface area contributed by atoms with Crippen LogP contribution >= 0.6 is 11.3 Å². The van der Waals surface area contributed by atoms with E-state index in [1.807, 2.05) is 43.3 Å². The van der Waals surface area contributed by atoms with Crippen molar-refractivity contribution >= 4 is 27.3 Å². The topological polar surface area (TPSA) is 66.5 Å². The number of thiophene rings is 1. The van der Waals surface area contributed by atoms with Gasteiger partial charge in [0.25, 0.3) is 10.0 Å². The molecule has 0 saturated heterocycles. The van der Waals surface area contributed by atoms with E-state index in [0.29, 0.717) is 29.6 Å². The van der Waals surface area contributed by atoms with Gasteiger partial charge in [-0.1, -0.05) is 30.3 Å². The zero-order valence-electron chi connectivity index (χ0n) is 15.7. The van der Waals surface area contributed by atoms with E-state index in [1.54, 1.807) is 10.4 Å². The fourth-order valence-corrected chi connectivity index (χ4v) is 6.30. The molecular weight excluding hydrogens is 380 g/mol. The van der Waals surface area contributed by atoms with Crippen LogP contribution in [0.2, 0.25) is 0 Å². The minimum Gasteiger partial charge on any atom is -0.356 e. The molecule has 1 saturated carbocycles. The summed E-state index contributed by atoms with van der Waals surface area (Å²) in [6, 6.07) is 13.3. The first-order chi connectivity index (χ1) is 12.9. The van der Waals surface area contributed by atoms with Crippen LogP contribution in [0, 0.1) is 5.92 Å². The van der Waals surface area contributed by atoms with Crippen molar-refractivity contribution in [2.45, 2.75) is 49.9 Å². The van der Waals surface area contributed by atoms with Gasteiger partial charge in [0.05, 0.1) is 0 Å². The number of carbonyl (C=O) groups excluding carboxylic acids is 1. The van der Waals surface area contributed by atoms with Gasteiger partial charge in [0, 0.05) is 30.9 Å². The van der Waals surface area contributed by atoms with Crippen molar-refractivity contribution in [3.05, 3.63) is 52.9 Å². The van der Waals surface area contributed by atoms with Crippen molar-refractivity contribution in [1.82, 2.24) is 9.62 Å². The molecule has 0 bridgehead atoms. The lowest BCUT2D eigenvalue weighted by Crippen LogP contribution is -2.39. The van der Waals surface area contributed by atoms with Gasteiger partial charge in [0.2, 0.25) is 5.91 Å². The second-order valence-corrected chi connectivity index (χ2v) is 10.4. The van der Waals surface area contributed by atoms with Crippen molar-refractivity contribution in [1.29, 1.82) is 0 Å². The second-order valence-electron chi connectivity index (χ2n) is 7.07. The molecule has 3 rings (SSSR count). The Morgan fingerprint density at radius 2 is 1.93 bits per heavy atom. The minimum absolute atomic E-state index is 0.0138. The van der Waals surface area contributed by atoms with Gasteiger partial charge in [0.15, 0.2) is 0 Å². The van der Waals surface area contributed by atoms with Gasteiger partial charge in [-0.25, -0.2) is 8.42 Å². The molecule has 0 aliphatic heterocycles. The first kappa shape index (κ1) is 20.0. The number of carbonyl (C=O) groups is 1. The third-order valence-electron chi connectivity index (χ3n) is 4.89. The first-order valence-electron chi connectivity index (χ1n) is 9.27. The van der Waals surface area contributed by atoms with Crippen molar-refractivity contribution in [3.8, 4) is 0 Å². The Bertz CT molecular complexity index is 874. The average Bonchev–Trinajstić information content (AvgIpc) is 3.38. The van der Waals surface area contributed by atoms with Gasteiger partial charge in [-0.2, -0.15) is 4.31 Å². The van der Waals surface area contributed by atoms with Crippen LogP contribution in [0.15, 0.2) is 46.7 Å². The van der Waals surface area contributed by atoms with Crippen molar-refractivity contribution < 1.29 is 13.2 Å². The molecular formula is C20H26N2O3S2. The van der Waals surface area contributed by atoms with Crippen molar-refractivity contribution in [2.24, 2.45) is 5.92 Å². The molecule has 1 aliphatic carbocycles. The fourth-order valence-electron chi connectivity index (χ4n) is 3.13. The van der Waals surface area contributed by atoms with E-state index in [1.165, 1.54) is 18.3 Å². The lowest BCUT2D eigenvalue weighted by Gasteiger charge is -2.28. The highest BCUT2D eigenvalue weighted by molar-refractivity contribution is 7.91. The molecule has 1 atom stereocenters. The molecule has 1 aliphatic rings. The molecule has 1 N–H and O–H groups in total. The molecule has 1 amide bonds. The number of benzene rings is 1. The Balaban J connectivity index is 1.80. The molecule has 0 radical (unpaired) electrons. The van der Waals surface area contributed by atoms with Gasteiger partial charge >= 0.3 is 0 Å². The lowest BCUT2D eigenvalue weighted by atomic mass is 10.2. The molecule has 2 aromatic rings. The van der Waals surface area contributed by atoms with E-state index in [-0.39, 0.29) is 11.9 Å². The van der Waals surface area contributed by atoms with Gasteiger partial charge in [-0.15, -0.1) is 11.3 Å². The Hall–Kier alpha value is -1.70. The van der Waals surface area contributed by atoms with E-state index < -0.39 is 10.0 Å². The number of amides is 1. The van der Waals surface area contributed by atoms with Crippen LogP contribution in [0.1, 0.15) is 37.1 Å². The molecule has 146 valence electrons. The molecule has 1 heterocycles. The van der Waals surface area contributed by atoms with Crippen LogP contribution < -0.4 is 5.32 Å². The normalized spacial score (nSPS) is 15.7. The number of nitrogens with zero attached hydrogens (tertiary/aromatic N) is 1. The van der Waals surface area contributed by atoms with Crippen molar-refractivity contribution in [2.75, 3.05) is 6.54 Å². The Labute approximate surface area is 165 Å². The van der Waals surface area contributed by atoms with Crippen molar-refractivity contribution in [3.63, 3.8) is 0 Å². The smallest absolute Gasteiger partial charge is 0.253 e. The quantitative estimate of drug-likeness (QED) is 0.694. The Kier molecular flexibility index (Phi) is 6.34. The summed E-state index contributed by atoms with van der Waals surface area (Å²) in [4.78, 5) is 12.0. The highest BCUT2D eigenvalue weighted by atomic mass is 32.2. The molecule has 1 aromatic carbocycles. The highest BCUT2D eigenvalue weighted by Gasteiger charge is 2.38. The van der Waals surface area contributed by atoms with E-state index in [9.17, 15) is 13.2 Å². The minimum atomic E-state index is -3.56. The predicted octanol–water partition coefficient (Wildman–Crippen LogP) is 3.42. The van der Waals surface area contributed by atoms with Crippen LogP contribution in [0.25, 0.3) is 0 Å². The number of hydrogen-bond acceptors (Lipinski definition) is 4. The maximum Gasteiger partial charge on any atom is 0.253 e. The average molecular weight is 407 g/mol. The maximum atomic E-state index is 13.4. The SMILES string of the molecule is CC(=O)NCCc1ccc(S(=O)(=O)N(Cc2ccccc2)C(C)C2CC2)s1. The van der Waals surface area contributed by atoms with Crippen LogP contribution in [0.4, 0.5) is 0 Å². The summed E-state index contributed by atoms with van der Waals surface area (Å²) in [6.45, 7) is 4.40. The summed E-state index contributed by atoms with van der Waals surface area (Å²) < 4.78 is 28.8. The molecule has 1 aromatic heterocycles. The zero-order chi connectivity index (χ0) is 19.4. The summed E-state index contributed by atoms with van der Waals surface area (Å²) in [5.74, 6) is 0.370. The summed E-state index contributed by atoms with van der Waals surface area (Å²) in [7, 11) is -3.56. The van der Waals surface area contributed by atoms with Crippen LogP contribution in [0.3, 0.4) is 0 Å². The third-order valence-corrected chi connectivity index (χ3v) is 8.43. The Morgan fingerprint density at radius 3 is 2.56 bits per heavy atom. The number of nitrogens with one attached hydrogen (secondary N) is 1. The number of sulfonamides is 1. The molecule has 0 spiro atoms.